The molecule has 1 unspecified atom stereocenters. The predicted molar refractivity (Wildman–Crippen MR) is 120 cm³/mol. The van der Waals surface area contributed by atoms with Crippen molar-refractivity contribution in [3.8, 4) is 11.1 Å². The molecule has 1 aromatic heterocycles. The minimum Gasteiger partial charge on any atom is -0.331 e. The summed E-state index contributed by atoms with van der Waals surface area (Å²) >= 11 is 5.97. The van der Waals surface area contributed by atoms with E-state index in [1.807, 2.05) is 12.1 Å². The number of rotatable bonds is 4. The zero-order valence-electron chi connectivity index (χ0n) is 17.4. The SMILES string of the molecule is CC1(Cc2cc(F)cc(F)c2)C(=O)N(c2cnc[nH]2)c2ccc(-c3ccc(F)c(Cl)c3)cc21. The van der Waals surface area contributed by atoms with Crippen LogP contribution in [-0.4, -0.2) is 15.9 Å². The molecule has 0 bridgehead atoms. The summed E-state index contributed by atoms with van der Waals surface area (Å²) in [5, 5.41) is -0.0128. The Kier molecular flexibility index (Phi) is 5.01. The second-order valence-electron chi connectivity index (χ2n) is 8.22. The Balaban J connectivity index is 1.67. The summed E-state index contributed by atoms with van der Waals surface area (Å²) in [6.45, 7) is 1.74. The van der Waals surface area contributed by atoms with Gasteiger partial charge in [-0.15, -0.1) is 0 Å². The Labute approximate surface area is 192 Å². The molecule has 5 rings (SSSR count). The van der Waals surface area contributed by atoms with Crippen LogP contribution in [0.3, 0.4) is 0 Å². The molecular formula is C25H17ClF3N3O. The second kappa shape index (κ2) is 7.78. The Morgan fingerprint density at radius 2 is 1.70 bits per heavy atom. The van der Waals surface area contributed by atoms with E-state index in [4.69, 9.17) is 11.6 Å². The van der Waals surface area contributed by atoms with Gasteiger partial charge < -0.3 is 4.98 Å². The van der Waals surface area contributed by atoms with Crippen molar-refractivity contribution in [2.75, 3.05) is 4.90 Å². The number of H-pyrrole nitrogens is 1. The molecule has 1 aliphatic rings. The van der Waals surface area contributed by atoms with Crippen LogP contribution in [-0.2, 0) is 16.6 Å². The third kappa shape index (κ3) is 3.58. The molecule has 0 radical (unpaired) electrons. The van der Waals surface area contributed by atoms with Gasteiger partial charge in [0, 0.05) is 6.07 Å². The van der Waals surface area contributed by atoms with Gasteiger partial charge in [-0.25, -0.2) is 18.2 Å². The highest BCUT2D eigenvalue weighted by atomic mass is 35.5. The lowest BCUT2D eigenvalue weighted by Gasteiger charge is -2.24. The number of hydrogen-bond acceptors (Lipinski definition) is 2. The van der Waals surface area contributed by atoms with E-state index < -0.39 is 22.9 Å². The van der Waals surface area contributed by atoms with E-state index in [0.717, 1.165) is 11.6 Å². The first kappa shape index (κ1) is 21.3. The van der Waals surface area contributed by atoms with Gasteiger partial charge in [-0.3, -0.25) is 9.69 Å². The Hall–Kier alpha value is -3.58. The molecule has 0 aliphatic carbocycles. The van der Waals surface area contributed by atoms with E-state index in [0.29, 0.717) is 28.2 Å². The number of carbonyl (C=O) groups is 1. The van der Waals surface area contributed by atoms with E-state index >= 15 is 0 Å². The van der Waals surface area contributed by atoms with Crippen LogP contribution in [0.15, 0.2) is 67.1 Å². The van der Waals surface area contributed by atoms with Crippen molar-refractivity contribution in [1.82, 2.24) is 9.97 Å². The minimum absolute atomic E-state index is 0.0128. The Morgan fingerprint density at radius 3 is 2.36 bits per heavy atom. The van der Waals surface area contributed by atoms with Gasteiger partial charge >= 0.3 is 0 Å². The number of nitrogens with one attached hydrogen (secondary N) is 1. The van der Waals surface area contributed by atoms with E-state index in [1.54, 1.807) is 19.1 Å². The molecule has 1 aliphatic heterocycles. The van der Waals surface area contributed by atoms with E-state index in [1.165, 1.54) is 41.7 Å². The van der Waals surface area contributed by atoms with Crippen molar-refractivity contribution in [2.45, 2.75) is 18.8 Å². The number of halogens is 4. The van der Waals surface area contributed by atoms with Crippen LogP contribution >= 0.6 is 11.6 Å². The highest BCUT2D eigenvalue weighted by Crippen LogP contribution is 2.48. The first-order valence-electron chi connectivity index (χ1n) is 10.1. The van der Waals surface area contributed by atoms with Crippen LogP contribution in [0.5, 0.6) is 0 Å². The Bertz CT molecular complexity index is 1370. The maximum Gasteiger partial charge on any atom is 0.243 e. The lowest BCUT2D eigenvalue weighted by molar-refractivity contribution is -0.122. The molecular weight excluding hydrogens is 451 g/mol. The van der Waals surface area contributed by atoms with Gasteiger partial charge in [0.05, 0.1) is 28.6 Å². The van der Waals surface area contributed by atoms with Gasteiger partial charge in [0.15, 0.2) is 0 Å². The van der Waals surface area contributed by atoms with E-state index in [9.17, 15) is 18.0 Å². The van der Waals surface area contributed by atoms with Crippen LogP contribution in [0.2, 0.25) is 5.02 Å². The number of aromatic amines is 1. The minimum atomic E-state index is -1.12. The summed E-state index contributed by atoms with van der Waals surface area (Å²) < 4.78 is 41.4. The number of anilines is 2. The van der Waals surface area contributed by atoms with Crippen LogP contribution in [0, 0.1) is 17.5 Å². The zero-order valence-corrected chi connectivity index (χ0v) is 18.1. The average molecular weight is 468 g/mol. The largest absolute Gasteiger partial charge is 0.331 e. The van der Waals surface area contributed by atoms with Crippen molar-refractivity contribution in [2.24, 2.45) is 0 Å². The van der Waals surface area contributed by atoms with Crippen molar-refractivity contribution in [1.29, 1.82) is 0 Å². The number of hydrogen-bond donors (Lipinski definition) is 1. The van der Waals surface area contributed by atoms with E-state index in [2.05, 4.69) is 9.97 Å². The standard InChI is InChI=1S/C25H17ClF3N3O/c1-25(11-14-6-17(27)10-18(28)7-14)19-8-15(16-2-4-21(29)20(26)9-16)3-5-22(19)32(24(25)33)23-12-30-13-31-23/h2-10,12-13H,11H2,1H3,(H,30,31). The molecule has 4 aromatic rings. The molecule has 166 valence electrons. The zero-order chi connectivity index (χ0) is 23.3. The molecule has 1 atom stereocenters. The number of benzene rings is 3. The molecule has 4 nitrogen and oxygen atoms in total. The fourth-order valence-corrected chi connectivity index (χ4v) is 4.58. The van der Waals surface area contributed by atoms with Crippen LogP contribution in [0.1, 0.15) is 18.1 Å². The third-order valence-electron chi connectivity index (χ3n) is 5.96. The number of aromatic nitrogens is 2. The number of nitrogens with zero attached hydrogens (tertiary/aromatic N) is 2. The highest BCUT2D eigenvalue weighted by Gasteiger charge is 2.48. The van der Waals surface area contributed by atoms with Crippen molar-refractivity contribution < 1.29 is 18.0 Å². The summed E-state index contributed by atoms with van der Waals surface area (Å²) in [5.41, 5.74) is 1.93. The smallest absolute Gasteiger partial charge is 0.243 e. The van der Waals surface area contributed by atoms with Gasteiger partial charge in [0.25, 0.3) is 0 Å². The Morgan fingerprint density at radius 1 is 1.00 bits per heavy atom. The van der Waals surface area contributed by atoms with Gasteiger partial charge in [-0.05, 0) is 72.0 Å². The number of fused-ring (bicyclic) bond motifs is 1. The molecule has 0 saturated heterocycles. The molecule has 8 heteroatoms. The van der Waals surface area contributed by atoms with Gasteiger partial charge in [-0.2, -0.15) is 0 Å². The van der Waals surface area contributed by atoms with Gasteiger partial charge in [-0.1, -0.05) is 23.7 Å². The van der Waals surface area contributed by atoms with Crippen LogP contribution in [0.25, 0.3) is 11.1 Å². The first-order valence-corrected chi connectivity index (χ1v) is 10.5. The molecule has 1 amide bonds. The molecule has 2 heterocycles. The number of carbonyl (C=O) groups excluding carboxylic acids is 1. The van der Waals surface area contributed by atoms with Gasteiger partial charge in [0.1, 0.15) is 23.3 Å². The molecule has 0 spiro atoms. The maximum absolute atomic E-state index is 13.9. The summed E-state index contributed by atoms with van der Waals surface area (Å²) in [4.78, 5) is 22.2. The molecule has 0 fully saturated rings. The normalized spacial score (nSPS) is 17.5. The molecule has 0 saturated carbocycles. The quantitative estimate of drug-likeness (QED) is 0.381. The van der Waals surface area contributed by atoms with Crippen molar-refractivity contribution in [3.05, 3.63) is 101 Å². The molecule has 1 N–H and O–H groups in total. The lowest BCUT2D eigenvalue weighted by atomic mass is 9.77. The predicted octanol–water partition coefficient (Wildman–Crippen LogP) is 6.33. The highest BCUT2D eigenvalue weighted by molar-refractivity contribution is 6.31. The topological polar surface area (TPSA) is 49.0 Å². The van der Waals surface area contributed by atoms with E-state index in [-0.39, 0.29) is 17.4 Å². The second-order valence-corrected chi connectivity index (χ2v) is 8.63. The van der Waals surface area contributed by atoms with Crippen molar-refractivity contribution >= 4 is 29.0 Å². The fraction of sp³-hybridized carbons (Fsp3) is 0.120. The monoisotopic (exact) mass is 467 g/mol. The van der Waals surface area contributed by atoms with Crippen LogP contribution in [0.4, 0.5) is 24.7 Å². The average Bonchev–Trinajstić information content (AvgIpc) is 3.35. The maximum atomic E-state index is 13.9. The summed E-state index contributed by atoms with van der Waals surface area (Å²) in [7, 11) is 0. The molecule has 33 heavy (non-hydrogen) atoms. The lowest BCUT2D eigenvalue weighted by Crippen LogP contribution is -2.37. The van der Waals surface area contributed by atoms with Crippen LogP contribution < -0.4 is 4.90 Å². The summed E-state index contributed by atoms with van der Waals surface area (Å²) in [5.74, 6) is -1.73. The summed E-state index contributed by atoms with van der Waals surface area (Å²) in [6, 6.07) is 13.1. The number of imidazole rings is 1. The number of amides is 1. The fourth-order valence-electron chi connectivity index (χ4n) is 4.40. The first-order chi connectivity index (χ1) is 15.8. The summed E-state index contributed by atoms with van der Waals surface area (Å²) in [6.07, 6.45) is 3.07. The van der Waals surface area contributed by atoms with Crippen molar-refractivity contribution in [3.63, 3.8) is 0 Å². The van der Waals surface area contributed by atoms with Gasteiger partial charge in [0.2, 0.25) is 5.91 Å². The molecule has 3 aromatic carbocycles. The third-order valence-corrected chi connectivity index (χ3v) is 6.25.